The number of carbonyl (C=O) groups is 1. The van der Waals surface area contributed by atoms with Crippen molar-refractivity contribution < 1.29 is 9.32 Å². The van der Waals surface area contributed by atoms with Crippen LogP contribution in [0.25, 0.3) is 10.6 Å². The number of H-pyrrole nitrogens is 1. The molecule has 1 saturated heterocycles. The van der Waals surface area contributed by atoms with Crippen LogP contribution in [0.3, 0.4) is 0 Å². The Morgan fingerprint density at radius 1 is 1.29 bits per heavy atom. The Bertz CT molecular complexity index is 796. The molecule has 24 heavy (non-hydrogen) atoms. The number of nitrogens with zero attached hydrogens (tertiary/aromatic N) is 4. The van der Waals surface area contributed by atoms with E-state index in [1.54, 1.807) is 6.20 Å². The van der Waals surface area contributed by atoms with Crippen molar-refractivity contribution in [2.24, 2.45) is 0 Å². The van der Waals surface area contributed by atoms with Gasteiger partial charge in [0.25, 0.3) is 5.91 Å². The topological polar surface area (TPSA) is 87.9 Å². The van der Waals surface area contributed by atoms with E-state index in [2.05, 4.69) is 20.3 Å². The fraction of sp³-hybridized carbons (Fsp3) is 0.375. The molecule has 1 N–H and O–H groups in total. The van der Waals surface area contributed by atoms with Gasteiger partial charge in [0, 0.05) is 12.7 Å². The van der Waals surface area contributed by atoms with Gasteiger partial charge in [0.2, 0.25) is 6.39 Å². The molecular weight excluding hydrogens is 326 g/mol. The molecule has 4 heterocycles. The normalized spacial score (nSPS) is 18.5. The molecule has 0 saturated carbocycles. The van der Waals surface area contributed by atoms with Gasteiger partial charge in [-0.1, -0.05) is 18.0 Å². The second-order valence-electron chi connectivity index (χ2n) is 5.79. The summed E-state index contributed by atoms with van der Waals surface area (Å²) in [6.45, 7) is 0.718. The third-order valence-corrected chi connectivity index (χ3v) is 5.38. The molecule has 1 aliphatic rings. The number of thiophene rings is 1. The number of amides is 1. The smallest absolute Gasteiger partial charge is 0.264 e. The fourth-order valence-electron chi connectivity index (χ4n) is 3.08. The monoisotopic (exact) mass is 343 g/mol. The number of nitrogens with one attached hydrogen (secondary N) is 1. The summed E-state index contributed by atoms with van der Waals surface area (Å²) < 4.78 is 4.89. The Hall–Kier alpha value is -2.48. The highest BCUT2D eigenvalue weighted by Crippen LogP contribution is 2.32. The van der Waals surface area contributed by atoms with Gasteiger partial charge < -0.3 is 9.42 Å². The molecule has 4 rings (SSSR count). The average molecular weight is 343 g/mol. The van der Waals surface area contributed by atoms with Crippen molar-refractivity contribution in [3.8, 4) is 10.6 Å². The first-order valence-corrected chi connectivity index (χ1v) is 8.81. The first-order chi connectivity index (χ1) is 11.8. The van der Waals surface area contributed by atoms with E-state index >= 15 is 0 Å². The van der Waals surface area contributed by atoms with Crippen LogP contribution in [-0.2, 0) is 0 Å². The van der Waals surface area contributed by atoms with Crippen molar-refractivity contribution in [1.29, 1.82) is 0 Å². The predicted molar refractivity (Wildman–Crippen MR) is 88.4 cm³/mol. The molecule has 1 unspecified atom stereocenters. The maximum Gasteiger partial charge on any atom is 0.264 e. The number of aromatic nitrogens is 4. The molecule has 0 aromatic carbocycles. The molecule has 0 aliphatic carbocycles. The van der Waals surface area contributed by atoms with Crippen molar-refractivity contribution in [2.75, 3.05) is 6.54 Å². The summed E-state index contributed by atoms with van der Waals surface area (Å²) in [6, 6.07) is 5.61. The Balaban J connectivity index is 1.61. The molecule has 0 spiro atoms. The van der Waals surface area contributed by atoms with Gasteiger partial charge in [-0.2, -0.15) is 10.1 Å². The molecular formula is C16H17N5O2S. The van der Waals surface area contributed by atoms with E-state index in [0.717, 1.165) is 47.7 Å². The summed E-state index contributed by atoms with van der Waals surface area (Å²) in [5.41, 5.74) is 0.921. The lowest BCUT2D eigenvalue weighted by molar-refractivity contribution is 0.0675. The van der Waals surface area contributed by atoms with Crippen molar-refractivity contribution in [2.45, 2.75) is 31.7 Å². The Kier molecular flexibility index (Phi) is 4.12. The Labute approximate surface area is 142 Å². The summed E-state index contributed by atoms with van der Waals surface area (Å²) in [4.78, 5) is 20.8. The van der Waals surface area contributed by atoms with E-state index in [4.69, 9.17) is 4.52 Å². The third kappa shape index (κ3) is 2.84. The number of hydrogen-bond acceptors (Lipinski definition) is 6. The van der Waals surface area contributed by atoms with Gasteiger partial charge in [-0.25, -0.2) is 0 Å². The average Bonchev–Trinajstić information content (AvgIpc) is 3.33. The van der Waals surface area contributed by atoms with Crippen molar-refractivity contribution >= 4 is 17.2 Å². The van der Waals surface area contributed by atoms with Crippen molar-refractivity contribution in [3.05, 3.63) is 41.5 Å². The van der Waals surface area contributed by atoms with Gasteiger partial charge in [0.05, 0.1) is 21.5 Å². The standard InChI is InChI=1S/C16H17N5O2S/c22-16(14-6-5-13(24-14)11-7-8-18-19-11)21-9-3-1-2-4-12(21)15-17-10-23-20-15/h5-8,10,12H,1-4,9H2,(H,18,19). The number of aromatic amines is 1. The van der Waals surface area contributed by atoms with E-state index in [1.807, 2.05) is 23.1 Å². The SMILES string of the molecule is O=C(c1ccc(-c2ccn[nH]2)s1)N1CCCCCC1c1ncon1. The summed E-state index contributed by atoms with van der Waals surface area (Å²) >= 11 is 1.47. The van der Waals surface area contributed by atoms with Crippen LogP contribution in [0.4, 0.5) is 0 Å². The quantitative estimate of drug-likeness (QED) is 0.788. The lowest BCUT2D eigenvalue weighted by Crippen LogP contribution is -2.34. The molecule has 1 amide bonds. The molecule has 3 aromatic rings. The second kappa shape index (κ2) is 6.56. The van der Waals surface area contributed by atoms with Crippen molar-refractivity contribution in [3.63, 3.8) is 0 Å². The van der Waals surface area contributed by atoms with Crippen LogP contribution in [0.2, 0.25) is 0 Å². The third-order valence-electron chi connectivity index (χ3n) is 4.27. The van der Waals surface area contributed by atoms with Crippen LogP contribution in [0.15, 0.2) is 35.3 Å². The van der Waals surface area contributed by atoms with Gasteiger partial charge in [0.1, 0.15) is 0 Å². The van der Waals surface area contributed by atoms with E-state index in [1.165, 1.54) is 17.7 Å². The van der Waals surface area contributed by atoms with Crippen LogP contribution < -0.4 is 0 Å². The van der Waals surface area contributed by atoms with Crippen LogP contribution in [0.1, 0.15) is 47.2 Å². The molecule has 0 bridgehead atoms. The number of carbonyl (C=O) groups excluding carboxylic acids is 1. The van der Waals surface area contributed by atoms with Gasteiger partial charge in [-0.3, -0.25) is 9.89 Å². The van der Waals surface area contributed by atoms with E-state index in [-0.39, 0.29) is 11.9 Å². The highest BCUT2D eigenvalue weighted by atomic mass is 32.1. The Morgan fingerprint density at radius 3 is 3.04 bits per heavy atom. The van der Waals surface area contributed by atoms with Gasteiger partial charge in [-0.05, 0) is 31.0 Å². The Morgan fingerprint density at radius 2 is 2.25 bits per heavy atom. The molecule has 0 radical (unpaired) electrons. The highest BCUT2D eigenvalue weighted by molar-refractivity contribution is 7.17. The van der Waals surface area contributed by atoms with Gasteiger partial charge in [-0.15, -0.1) is 11.3 Å². The summed E-state index contributed by atoms with van der Waals surface area (Å²) in [5.74, 6) is 0.623. The lowest BCUT2D eigenvalue weighted by Gasteiger charge is -2.27. The van der Waals surface area contributed by atoms with Crippen LogP contribution in [0, 0.1) is 0 Å². The van der Waals surface area contributed by atoms with Gasteiger partial charge in [0.15, 0.2) is 5.82 Å². The zero-order valence-corrected chi connectivity index (χ0v) is 13.8. The zero-order chi connectivity index (χ0) is 16.4. The molecule has 1 aliphatic heterocycles. The first kappa shape index (κ1) is 15.1. The largest absolute Gasteiger partial charge is 0.343 e. The molecule has 124 valence electrons. The van der Waals surface area contributed by atoms with E-state index in [9.17, 15) is 4.79 Å². The van der Waals surface area contributed by atoms with Crippen molar-refractivity contribution in [1.82, 2.24) is 25.2 Å². The molecule has 7 nitrogen and oxygen atoms in total. The minimum absolute atomic E-state index is 0.0301. The predicted octanol–water partition coefficient (Wildman–Crippen LogP) is 3.28. The van der Waals surface area contributed by atoms with Crippen LogP contribution >= 0.6 is 11.3 Å². The molecule has 1 fully saturated rings. The zero-order valence-electron chi connectivity index (χ0n) is 13.0. The summed E-state index contributed by atoms with van der Waals surface area (Å²) in [6.07, 6.45) is 7.07. The summed E-state index contributed by atoms with van der Waals surface area (Å²) in [5, 5.41) is 10.9. The minimum Gasteiger partial charge on any atom is -0.343 e. The first-order valence-electron chi connectivity index (χ1n) is 8.00. The summed E-state index contributed by atoms with van der Waals surface area (Å²) in [7, 11) is 0. The number of rotatable bonds is 3. The van der Waals surface area contributed by atoms with E-state index < -0.39 is 0 Å². The number of hydrogen-bond donors (Lipinski definition) is 1. The van der Waals surface area contributed by atoms with Crippen LogP contribution in [0.5, 0.6) is 0 Å². The second-order valence-corrected chi connectivity index (χ2v) is 6.87. The molecule has 8 heteroatoms. The lowest BCUT2D eigenvalue weighted by atomic mass is 10.1. The molecule has 3 aromatic heterocycles. The highest BCUT2D eigenvalue weighted by Gasteiger charge is 2.31. The number of likely N-dealkylation sites (tertiary alicyclic amines) is 1. The van der Waals surface area contributed by atoms with Gasteiger partial charge >= 0.3 is 0 Å². The molecule has 1 atom stereocenters. The maximum atomic E-state index is 13.1. The van der Waals surface area contributed by atoms with E-state index in [0.29, 0.717) is 5.82 Å². The minimum atomic E-state index is -0.114. The van der Waals surface area contributed by atoms with Crippen LogP contribution in [-0.4, -0.2) is 37.7 Å². The fourth-order valence-corrected chi connectivity index (χ4v) is 4.01. The maximum absolute atomic E-state index is 13.1.